The highest BCUT2D eigenvalue weighted by Crippen LogP contribution is 2.30. The van der Waals surface area contributed by atoms with E-state index in [2.05, 4.69) is 5.32 Å². The summed E-state index contributed by atoms with van der Waals surface area (Å²) in [5.74, 6) is 0.129. The molecule has 1 amide bonds. The van der Waals surface area contributed by atoms with E-state index < -0.39 is 10.0 Å². The third-order valence-electron chi connectivity index (χ3n) is 4.86. The smallest absolute Gasteiger partial charge is 0.262 e. The molecule has 1 heterocycles. The molecule has 1 aliphatic rings. The number of nitrogens with zero attached hydrogens (tertiary/aromatic N) is 2. The predicted molar refractivity (Wildman–Crippen MR) is 119 cm³/mol. The monoisotopic (exact) mass is 451 g/mol. The van der Waals surface area contributed by atoms with Crippen LogP contribution in [0.3, 0.4) is 0 Å². The van der Waals surface area contributed by atoms with Gasteiger partial charge in [-0.15, -0.1) is 0 Å². The molecule has 0 radical (unpaired) electrons. The van der Waals surface area contributed by atoms with Crippen molar-refractivity contribution in [3.05, 3.63) is 47.5 Å². The Bertz CT molecular complexity index is 988. The van der Waals surface area contributed by atoms with Gasteiger partial charge in [-0.3, -0.25) is 4.79 Å². The van der Waals surface area contributed by atoms with Crippen LogP contribution in [0.25, 0.3) is 0 Å². The van der Waals surface area contributed by atoms with E-state index in [4.69, 9.17) is 16.3 Å². The second kappa shape index (κ2) is 9.68. The molecular weight excluding hydrogens is 426 g/mol. The van der Waals surface area contributed by atoms with Crippen LogP contribution in [-0.4, -0.2) is 52.4 Å². The molecule has 2 aromatic rings. The van der Waals surface area contributed by atoms with Crippen molar-refractivity contribution < 1.29 is 17.9 Å². The Hall–Kier alpha value is -2.29. The molecule has 9 heteroatoms. The molecule has 2 aromatic carbocycles. The maximum absolute atomic E-state index is 13.0. The molecule has 30 heavy (non-hydrogen) atoms. The molecule has 0 unspecified atom stereocenters. The van der Waals surface area contributed by atoms with Gasteiger partial charge in [-0.25, -0.2) is 8.42 Å². The lowest BCUT2D eigenvalue weighted by atomic mass is 10.2. The summed E-state index contributed by atoms with van der Waals surface area (Å²) in [5.41, 5.74) is 1.12. The van der Waals surface area contributed by atoms with Crippen LogP contribution in [0.15, 0.2) is 47.4 Å². The van der Waals surface area contributed by atoms with Crippen molar-refractivity contribution in [1.29, 1.82) is 0 Å². The number of nitrogens with one attached hydrogen (secondary N) is 1. The molecule has 1 N–H and O–H groups in total. The summed E-state index contributed by atoms with van der Waals surface area (Å²) in [6.45, 7) is 0.834. The van der Waals surface area contributed by atoms with Crippen LogP contribution in [0.5, 0.6) is 5.75 Å². The van der Waals surface area contributed by atoms with Crippen LogP contribution >= 0.6 is 11.6 Å². The van der Waals surface area contributed by atoms with E-state index in [-0.39, 0.29) is 17.4 Å². The Morgan fingerprint density at radius 3 is 2.40 bits per heavy atom. The molecule has 0 bridgehead atoms. The molecule has 1 fully saturated rings. The highest BCUT2D eigenvalue weighted by Gasteiger charge is 2.27. The second-order valence-electron chi connectivity index (χ2n) is 7.33. The first kappa shape index (κ1) is 22.4. The van der Waals surface area contributed by atoms with Crippen molar-refractivity contribution in [2.75, 3.05) is 44.0 Å². The standard InChI is InChI=1S/C21H26ClN3O4S/c1-24(2)20-11-10-18(30(27,28)25-12-4-3-5-13-25)14-19(20)23-21(26)15-29-17-8-6-16(22)7-9-17/h6-11,14H,3-5,12-13,15H2,1-2H3,(H,23,26). The largest absolute Gasteiger partial charge is 0.484 e. The van der Waals surface area contributed by atoms with Crippen LogP contribution in [0, 0.1) is 0 Å². The first-order valence-corrected chi connectivity index (χ1v) is 11.6. The number of benzene rings is 2. The Balaban J connectivity index is 1.77. The van der Waals surface area contributed by atoms with Gasteiger partial charge in [0.25, 0.3) is 5.91 Å². The summed E-state index contributed by atoms with van der Waals surface area (Å²) < 4.78 is 33.0. The third kappa shape index (κ3) is 5.44. The maximum atomic E-state index is 13.0. The number of halogens is 1. The fraction of sp³-hybridized carbons (Fsp3) is 0.381. The van der Waals surface area contributed by atoms with E-state index in [0.29, 0.717) is 35.2 Å². The number of carbonyl (C=O) groups excluding carboxylic acids is 1. The quantitative estimate of drug-likeness (QED) is 0.695. The number of amides is 1. The number of ether oxygens (including phenoxy) is 1. The second-order valence-corrected chi connectivity index (χ2v) is 9.70. The van der Waals surface area contributed by atoms with Gasteiger partial charge in [-0.2, -0.15) is 4.31 Å². The lowest BCUT2D eigenvalue weighted by Gasteiger charge is -2.26. The van der Waals surface area contributed by atoms with Crippen molar-refractivity contribution in [3.63, 3.8) is 0 Å². The molecule has 0 saturated carbocycles. The number of rotatable bonds is 7. The van der Waals surface area contributed by atoms with Crippen molar-refractivity contribution >= 4 is 38.9 Å². The van der Waals surface area contributed by atoms with Gasteiger partial charge in [0.1, 0.15) is 5.75 Å². The number of hydrogen-bond acceptors (Lipinski definition) is 5. The van der Waals surface area contributed by atoms with Gasteiger partial charge in [0.2, 0.25) is 10.0 Å². The van der Waals surface area contributed by atoms with E-state index in [0.717, 1.165) is 19.3 Å². The molecule has 1 aliphatic heterocycles. The fourth-order valence-electron chi connectivity index (χ4n) is 3.29. The zero-order valence-electron chi connectivity index (χ0n) is 17.1. The van der Waals surface area contributed by atoms with Crippen LogP contribution < -0.4 is 15.0 Å². The lowest BCUT2D eigenvalue weighted by molar-refractivity contribution is -0.118. The van der Waals surface area contributed by atoms with Gasteiger partial charge in [0.15, 0.2) is 6.61 Å². The van der Waals surface area contributed by atoms with E-state index in [1.54, 1.807) is 36.4 Å². The molecule has 0 aliphatic carbocycles. The van der Waals surface area contributed by atoms with E-state index in [9.17, 15) is 13.2 Å². The van der Waals surface area contributed by atoms with Crippen molar-refractivity contribution in [1.82, 2.24) is 4.31 Å². The summed E-state index contributed by atoms with van der Waals surface area (Å²) in [6.07, 6.45) is 2.77. The third-order valence-corrected chi connectivity index (χ3v) is 7.01. The summed E-state index contributed by atoms with van der Waals surface area (Å²) in [4.78, 5) is 14.4. The first-order chi connectivity index (χ1) is 14.3. The minimum absolute atomic E-state index is 0.170. The molecule has 3 rings (SSSR count). The fourth-order valence-corrected chi connectivity index (χ4v) is 4.96. The minimum Gasteiger partial charge on any atom is -0.484 e. The van der Waals surface area contributed by atoms with E-state index in [1.807, 2.05) is 19.0 Å². The number of carbonyl (C=O) groups is 1. The first-order valence-electron chi connectivity index (χ1n) is 9.77. The summed E-state index contributed by atoms with van der Waals surface area (Å²) in [5, 5.41) is 3.35. The van der Waals surface area contributed by atoms with E-state index in [1.165, 1.54) is 10.4 Å². The van der Waals surface area contributed by atoms with Crippen molar-refractivity contribution in [2.45, 2.75) is 24.2 Å². The van der Waals surface area contributed by atoms with Gasteiger partial charge >= 0.3 is 0 Å². The Morgan fingerprint density at radius 1 is 1.10 bits per heavy atom. The summed E-state index contributed by atoms with van der Waals surface area (Å²) in [6, 6.07) is 11.5. The average Bonchev–Trinajstić information content (AvgIpc) is 2.73. The minimum atomic E-state index is -3.60. The molecule has 1 saturated heterocycles. The zero-order valence-corrected chi connectivity index (χ0v) is 18.7. The van der Waals surface area contributed by atoms with Crippen LogP contribution in [0.2, 0.25) is 5.02 Å². The van der Waals surface area contributed by atoms with Gasteiger partial charge < -0.3 is 15.0 Å². The molecule has 162 valence electrons. The number of piperidine rings is 1. The predicted octanol–water partition coefficient (Wildman–Crippen LogP) is 3.60. The van der Waals surface area contributed by atoms with Crippen LogP contribution in [-0.2, 0) is 14.8 Å². The molecule has 0 aromatic heterocycles. The van der Waals surface area contributed by atoms with Gasteiger partial charge in [0, 0.05) is 32.2 Å². The molecule has 0 atom stereocenters. The molecular formula is C21H26ClN3O4S. The SMILES string of the molecule is CN(C)c1ccc(S(=O)(=O)N2CCCCC2)cc1NC(=O)COc1ccc(Cl)cc1. The van der Waals surface area contributed by atoms with Crippen molar-refractivity contribution in [3.8, 4) is 5.75 Å². The summed E-state index contributed by atoms with van der Waals surface area (Å²) in [7, 11) is 0.0524. The highest BCUT2D eigenvalue weighted by atomic mass is 35.5. The Kier molecular flexibility index (Phi) is 7.23. The average molecular weight is 452 g/mol. The number of hydrogen-bond donors (Lipinski definition) is 1. The van der Waals surface area contributed by atoms with Gasteiger partial charge in [-0.05, 0) is 55.3 Å². The normalized spacial score (nSPS) is 14.9. The summed E-state index contributed by atoms with van der Waals surface area (Å²) >= 11 is 5.84. The van der Waals surface area contributed by atoms with Crippen molar-refractivity contribution in [2.24, 2.45) is 0 Å². The van der Waals surface area contributed by atoms with Gasteiger partial charge in [-0.1, -0.05) is 18.0 Å². The topological polar surface area (TPSA) is 79.0 Å². The van der Waals surface area contributed by atoms with Crippen LogP contribution in [0.1, 0.15) is 19.3 Å². The Morgan fingerprint density at radius 2 is 1.77 bits per heavy atom. The lowest BCUT2D eigenvalue weighted by Crippen LogP contribution is -2.35. The Labute approximate surface area is 182 Å². The van der Waals surface area contributed by atoms with Gasteiger partial charge in [0.05, 0.1) is 16.3 Å². The maximum Gasteiger partial charge on any atom is 0.262 e. The highest BCUT2D eigenvalue weighted by molar-refractivity contribution is 7.89. The van der Waals surface area contributed by atoms with E-state index >= 15 is 0 Å². The molecule has 7 nitrogen and oxygen atoms in total. The van der Waals surface area contributed by atoms with Crippen LogP contribution in [0.4, 0.5) is 11.4 Å². The number of sulfonamides is 1. The number of anilines is 2. The molecule has 0 spiro atoms. The zero-order chi connectivity index (χ0) is 21.7.